The second-order valence-corrected chi connectivity index (χ2v) is 5.16. The molecule has 1 N–H and O–H groups in total. The Hall–Kier alpha value is -1.42. The van der Waals surface area contributed by atoms with Crippen molar-refractivity contribution >= 4 is 5.78 Å². The first-order valence-electron chi connectivity index (χ1n) is 6.98. The zero-order chi connectivity index (χ0) is 13.7. The Morgan fingerprint density at radius 3 is 2.84 bits per heavy atom. The summed E-state index contributed by atoms with van der Waals surface area (Å²) in [7, 11) is 1.59. The molecule has 0 radical (unpaired) electrons. The van der Waals surface area contributed by atoms with Gasteiger partial charge in [0.15, 0.2) is 5.78 Å². The Balaban J connectivity index is 2.33. The molecule has 0 aromatic carbocycles. The Morgan fingerprint density at radius 2 is 2.21 bits per heavy atom. The molecule has 1 aromatic rings. The van der Waals surface area contributed by atoms with Gasteiger partial charge in [-0.25, -0.2) is 4.98 Å². The smallest absolute Gasteiger partial charge is 0.191 e. The number of aromatic nitrogens is 1. The molecule has 1 aromatic heterocycles. The number of pyridine rings is 1. The van der Waals surface area contributed by atoms with Crippen LogP contribution in [0.4, 0.5) is 0 Å². The molecule has 0 bridgehead atoms. The number of piperidine rings is 1. The minimum Gasteiger partial charge on any atom is -0.494 e. The second kappa shape index (κ2) is 6.15. The van der Waals surface area contributed by atoms with Crippen LogP contribution in [-0.4, -0.2) is 31.0 Å². The molecular weight excluding hydrogens is 240 g/mol. The quantitative estimate of drug-likeness (QED) is 0.828. The first-order chi connectivity index (χ1) is 9.23. The molecular formula is C15H22N2O2. The van der Waals surface area contributed by atoms with Gasteiger partial charge in [-0.15, -0.1) is 0 Å². The highest BCUT2D eigenvalue weighted by molar-refractivity contribution is 6.01. The van der Waals surface area contributed by atoms with Crippen LogP contribution in [0, 0.1) is 5.41 Å². The lowest BCUT2D eigenvalue weighted by Gasteiger charge is -2.36. The Morgan fingerprint density at radius 1 is 1.47 bits per heavy atom. The average Bonchev–Trinajstić information content (AvgIpc) is 2.47. The van der Waals surface area contributed by atoms with Crippen molar-refractivity contribution in [3.05, 3.63) is 24.0 Å². The summed E-state index contributed by atoms with van der Waals surface area (Å²) in [4.78, 5) is 17.2. The topological polar surface area (TPSA) is 51.2 Å². The van der Waals surface area contributed by atoms with E-state index in [0.29, 0.717) is 11.4 Å². The molecule has 0 unspecified atom stereocenters. The van der Waals surface area contributed by atoms with Crippen LogP contribution in [0.3, 0.4) is 0 Å². The fourth-order valence-electron chi connectivity index (χ4n) is 2.95. The van der Waals surface area contributed by atoms with Gasteiger partial charge in [-0.1, -0.05) is 13.3 Å². The maximum Gasteiger partial charge on any atom is 0.191 e. The number of methoxy groups -OCH3 is 1. The maximum atomic E-state index is 12.9. The third kappa shape index (κ3) is 2.78. The average molecular weight is 262 g/mol. The van der Waals surface area contributed by atoms with Gasteiger partial charge in [0, 0.05) is 11.6 Å². The van der Waals surface area contributed by atoms with E-state index in [0.717, 1.165) is 38.8 Å². The van der Waals surface area contributed by atoms with E-state index in [1.54, 1.807) is 25.4 Å². The summed E-state index contributed by atoms with van der Waals surface area (Å²) in [5.74, 6) is 0.731. The van der Waals surface area contributed by atoms with Gasteiger partial charge in [0.25, 0.3) is 0 Å². The highest BCUT2D eigenvalue weighted by Crippen LogP contribution is 2.38. The van der Waals surface area contributed by atoms with Crippen LogP contribution in [0.2, 0.25) is 0 Å². The number of carbonyl (C=O) groups excluding carboxylic acids is 1. The van der Waals surface area contributed by atoms with E-state index in [4.69, 9.17) is 4.74 Å². The van der Waals surface area contributed by atoms with Crippen molar-refractivity contribution < 1.29 is 9.53 Å². The number of ether oxygens (including phenoxy) is 1. The molecule has 104 valence electrons. The largest absolute Gasteiger partial charge is 0.494 e. The predicted molar refractivity (Wildman–Crippen MR) is 74.6 cm³/mol. The molecule has 2 rings (SSSR count). The second-order valence-electron chi connectivity index (χ2n) is 5.16. The van der Waals surface area contributed by atoms with Crippen LogP contribution in [0.1, 0.15) is 43.1 Å². The Bertz CT molecular complexity index is 434. The molecule has 19 heavy (non-hydrogen) atoms. The summed E-state index contributed by atoms with van der Waals surface area (Å²) in [6, 6.07) is 3.60. The molecule has 1 aliphatic rings. The Kier molecular flexibility index (Phi) is 4.53. The van der Waals surface area contributed by atoms with E-state index in [9.17, 15) is 4.79 Å². The minimum atomic E-state index is -0.262. The number of carbonyl (C=O) groups is 1. The van der Waals surface area contributed by atoms with Crippen LogP contribution in [0.15, 0.2) is 18.3 Å². The molecule has 0 atom stereocenters. The minimum absolute atomic E-state index is 0.147. The number of nitrogens with one attached hydrogen (secondary N) is 1. The van der Waals surface area contributed by atoms with Gasteiger partial charge in [-0.05, 0) is 44.5 Å². The number of ketones is 1. The number of hydrogen-bond acceptors (Lipinski definition) is 4. The molecule has 2 heterocycles. The van der Waals surface area contributed by atoms with Crippen LogP contribution in [-0.2, 0) is 0 Å². The zero-order valence-corrected chi connectivity index (χ0v) is 11.7. The molecule has 0 saturated carbocycles. The first kappa shape index (κ1) is 14.0. The summed E-state index contributed by atoms with van der Waals surface area (Å²) in [5, 5.41) is 3.33. The molecule has 1 fully saturated rings. The molecule has 1 aliphatic heterocycles. The van der Waals surface area contributed by atoms with Gasteiger partial charge >= 0.3 is 0 Å². The molecule has 1 saturated heterocycles. The van der Waals surface area contributed by atoms with Gasteiger partial charge in [-0.2, -0.15) is 0 Å². The van der Waals surface area contributed by atoms with Crippen molar-refractivity contribution in [2.24, 2.45) is 5.41 Å². The highest BCUT2D eigenvalue weighted by Gasteiger charge is 2.40. The van der Waals surface area contributed by atoms with Crippen molar-refractivity contribution in [1.82, 2.24) is 10.3 Å². The third-order valence-electron chi connectivity index (χ3n) is 3.98. The lowest BCUT2D eigenvalue weighted by molar-refractivity contribution is 0.0695. The monoisotopic (exact) mass is 262 g/mol. The summed E-state index contributed by atoms with van der Waals surface area (Å²) >= 11 is 0. The van der Waals surface area contributed by atoms with E-state index in [1.807, 2.05) is 0 Å². The summed E-state index contributed by atoms with van der Waals surface area (Å²) < 4.78 is 5.28. The fraction of sp³-hybridized carbons (Fsp3) is 0.600. The highest BCUT2D eigenvalue weighted by atomic mass is 16.5. The van der Waals surface area contributed by atoms with E-state index in [1.165, 1.54) is 0 Å². The van der Waals surface area contributed by atoms with Gasteiger partial charge in [0.2, 0.25) is 0 Å². The van der Waals surface area contributed by atoms with Crippen LogP contribution >= 0.6 is 0 Å². The molecule has 4 heteroatoms. The lowest BCUT2D eigenvalue weighted by Crippen LogP contribution is -2.42. The summed E-state index contributed by atoms with van der Waals surface area (Å²) in [6.07, 6.45) is 5.38. The maximum absolute atomic E-state index is 12.9. The van der Waals surface area contributed by atoms with Crippen molar-refractivity contribution in [2.45, 2.75) is 32.6 Å². The standard InChI is InChI=1S/C15H22N2O2/c1-3-6-15(7-10-16-11-8-15)14(18)13-12(19-2)5-4-9-17-13/h4-5,9,16H,3,6-8,10-11H2,1-2H3. The normalized spacial score (nSPS) is 18.0. The number of Topliss-reactive ketones (excluding diaryl/α,β-unsaturated/α-hetero) is 1. The molecule has 0 spiro atoms. The number of rotatable bonds is 5. The molecule has 0 aliphatic carbocycles. The van der Waals surface area contributed by atoms with Crippen molar-refractivity contribution in [2.75, 3.05) is 20.2 Å². The lowest BCUT2D eigenvalue weighted by atomic mass is 9.71. The summed E-state index contributed by atoms with van der Waals surface area (Å²) in [5.41, 5.74) is 0.224. The third-order valence-corrected chi connectivity index (χ3v) is 3.98. The van der Waals surface area contributed by atoms with E-state index in [-0.39, 0.29) is 11.2 Å². The zero-order valence-electron chi connectivity index (χ0n) is 11.7. The number of hydrogen-bond donors (Lipinski definition) is 1. The SMILES string of the molecule is CCCC1(C(=O)c2ncccc2OC)CCNCC1. The summed E-state index contributed by atoms with van der Waals surface area (Å²) in [6.45, 7) is 3.94. The predicted octanol–water partition coefficient (Wildman–Crippen LogP) is 2.44. The number of nitrogens with zero attached hydrogens (tertiary/aromatic N) is 1. The molecule has 4 nitrogen and oxygen atoms in total. The Labute approximate surface area is 114 Å². The van der Waals surface area contributed by atoms with Crippen molar-refractivity contribution in [3.63, 3.8) is 0 Å². The fourth-order valence-corrected chi connectivity index (χ4v) is 2.95. The van der Waals surface area contributed by atoms with E-state index >= 15 is 0 Å². The van der Waals surface area contributed by atoms with Crippen LogP contribution in [0.5, 0.6) is 5.75 Å². The van der Waals surface area contributed by atoms with Gasteiger partial charge in [-0.3, -0.25) is 4.79 Å². The van der Waals surface area contributed by atoms with E-state index < -0.39 is 0 Å². The van der Waals surface area contributed by atoms with Crippen LogP contribution < -0.4 is 10.1 Å². The van der Waals surface area contributed by atoms with Gasteiger partial charge in [0.1, 0.15) is 11.4 Å². The van der Waals surface area contributed by atoms with Crippen molar-refractivity contribution in [3.8, 4) is 5.75 Å². The first-order valence-corrected chi connectivity index (χ1v) is 6.98. The van der Waals surface area contributed by atoms with Crippen LogP contribution in [0.25, 0.3) is 0 Å². The van der Waals surface area contributed by atoms with E-state index in [2.05, 4.69) is 17.2 Å². The van der Waals surface area contributed by atoms with Crippen molar-refractivity contribution in [1.29, 1.82) is 0 Å². The molecule has 0 amide bonds. The van der Waals surface area contributed by atoms with Gasteiger partial charge < -0.3 is 10.1 Å². The van der Waals surface area contributed by atoms with Gasteiger partial charge in [0.05, 0.1) is 7.11 Å².